The summed E-state index contributed by atoms with van der Waals surface area (Å²) in [7, 11) is 1.24. The second-order valence-corrected chi connectivity index (χ2v) is 7.79. The van der Waals surface area contributed by atoms with E-state index >= 15 is 0 Å². The van der Waals surface area contributed by atoms with Crippen LogP contribution in [0, 0.1) is 0 Å². The number of nitrogens with one attached hydrogen (secondary N) is 1. The number of halogens is 3. The van der Waals surface area contributed by atoms with Crippen molar-refractivity contribution in [1.29, 1.82) is 0 Å². The van der Waals surface area contributed by atoms with Crippen molar-refractivity contribution in [3.63, 3.8) is 0 Å². The predicted octanol–water partition coefficient (Wildman–Crippen LogP) is 4.83. The number of carbonyl (C=O) groups is 2. The van der Waals surface area contributed by atoms with Gasteiger partial charge in [-0.1, -0.05) is 23.9 Å². The zero-order valence-electron chi connectivity index (χ0n) is 14.4. The first kappa shape index (κ1) is 20.2. The number of hydrogen-bond acceptors (Lipinski definition) is 6. The molecule has 2 aromatic carbocycles. The summed E-state index contributed by atoms with van der Waals surface area (Å²) < 4.78 is 44.1. The molecule has 1 aromatic heterocycles. The van der Waals surface area contributed by atoms with Crippen LogP contribution in [0.5, 0.6) is 0 Å². The van der Waals surface area contributed by atoms with Crippen LogP contribution in [0.4, 0.5) is 18.9 Å². The lowest BCUT2D eigenvalue weighted by Gasteiger charge is -2.08. The molecule has 1 heterocycles. The van der Waals surface area contributed by atoms with E-state index in [0.717, 1.165) is 23.9 Å². The minimum Gasteiger partial charge on any atom is -0.465 e. The number of thioether (sulfide) groups is 1. The molecule has 0 bridgehead atoms. The maximum Gasteiger partial charge on any atom is 0.416 e. The Balaban J connectivity index is 1.67. The molecule has 0 aliphatic heterocycles. The van der Waals surface area contributed by atoms with Crippen molar-refractivity contribution in [3.8, 4) is 0 Å². The zero-order chi connectivity index (χ0) is 20.3. The Labute approximate surface area is 165 Å². The Morgan fingerprint density at radius 1 is 1.21 bits per heavy atom. The number of esters is 1. The Hall–Kier alpha value is -2.59. The summed E-state index contributed by atoms with van der Waals surface area (Å²) in [5.74, 6) is -0.964. The summed E-state index contributed by atoms with van der Waals surface area (Å²) in [5, 5.41) is 2.63. The van der Waals surface area contributed by atoms with Crippen LogP contribution in [-0.4, -0.2) is 29.7 Å². The highest BCUT2D eigenvalue weighted by molar-refractivity contribution is 8.01. The lowest BCUT2D eigenvalue weighted by Crippen LogP contribution is -2.17. The summed E-state index contributed by atoms with van der Waals surface area (Å²) >= 11 is 2.31. The number of amides is 1. The zero-order valence-corrected chi connectivity index (χ0v) is 16.0. The second-order valence-electron chi connectivity index (χ2n) is 5.53. The molecule has 1 N–H and O–H groups in total. The van der Waals surface area contributed by atoms with Gasteiger partial charge in [0.2, 0.25) is 5.91 Å². The predicted molar refractivity (Wildman–Crippen MR) is 102 cm³/mol. The lowest BCUT2D eigenvalue weighted by atomic mass is 10.2. The Morgan fingerprint density at radius 3 is 2.68 bits per heavy atom. The molecule has 0 spiro atoms. The Morgan fingerprint density at radius 2 is 1.96 bits per heavy atom. The van der Waals surface area contributed by atoms with Gasteiger partial charge < -0.3 is 10.1 Å². The van der Waals surface area contributed by atoms with Crippen molar-refractivity contribution >= 4 is 50.9 Å². The van der Waals surface area contributed by atoms with Gasteiger partial charge in [0.05, 0.1) is 39.9 Å². The maximum atomic E-state index is 12.8. The molecule has 3 rings (SSSR count). The normalized spacial score (nSPS) is 11.4. The van der Waals surface area contributed by atoms with Gasteiger partial charge in [-0.3, -0.25) is 4.79 Å². The first-order chi connectivity index (χ1) is 13.3. The number of methoxy groups -OCH3 is 1. The first-order valence-corrected chi connectivity index (χ1v) is 9.66. The highest BCUT2D eigenvalue weighted by Crippen LogP contribution is 2.35. The molecule has 0 aliphatic rings. The van der Waals surface area contributed by atoms with Gasteiger partial charge in [0, 0.05) is 0 Å². The molecule has 5 nitrogen and oxygen atoms in total. The van der Waals surface area contributed by atoms with Crippen LogP contribution in [0.3, 0.4) is 0 Å². The van der Waals surface area contributed by atoms with Gasteiger partial charge >= 0.3 is 12.1 Å². The van der Waals surface area contributed by atoms with Crippen LogP contribution in [0.25, 0.3) is 10.2 Å². The van der Waals surface area contributed by atoms with Crippen molar-refractivity contribution < 1.29 is 27.5 Å². The van der Waals surface area contributed by atoms with Crippen molar-refractivity contribution in [2.24, 2.45) is 0 Å². The van der Waals surface area contributed by atoms with Crippen molar-refractivity contribution in [2.75, 3.05) is 18.2 Å². The maximum absolute atomic E-state index is 12.8. The number of aromatic nitrogens is 1. The van der Waals surface area contributed by atoms with Crippen LogP contribution < -0.4 is 5.32 Å². The van der Waals surface area contributed by atoms with E-state index in [9.17, 15) is 22.8 Å². The number of thiazole rings is 1. The van der Waals surface area contributed by atoms with E-state index in [0.29, 0.717) is 14.7 Å². The fraction of sp³-hybridized carbons (Fsp3) is 0.167. The van der Waals surface area contributed by atoms with E-state index in [4.69, 9.17) is 0 Å². The smallest absolute Gasteiger partial charge is 0.416 e. The topological polar surface area (TPSA) is 68.3 Å². The van der Waals surface area contributed by atoms with E-state index in [1.807, 2.05) is 0 Å². The average Bonchev–Trinajstić information content (AvgIpc) is 3.07. The van der Waals surface area contributed by atoms with Gasteiger partial charge in [0.1, 0.15) is 0 Å². The molecule has 1 amide bonds. The van der Waals surface area contributed by atoms with Crippen LogP contribution in [0.1, 0.15) is 15.9 Å². The number of nitrogens with zero attached hydrogens (tertiary/aromatic N) is 1. The van der Waals surface area contributed by atoms with Crippen molar-refractivity contribution in [3.05, 3.63) is 53.6 Å². The first-order valence-electron chi connectivity index (χ1n) is 7.85. The van der Waals surface area contributed by atoms with Gasteiger partial charge in [0.15, 0.2) is 4.34 Å². The van der Waals surface area contributed by atoms with Gasteiger partial charge in [-0.05, 0) is 30.3 Å². The van der Waals surface area contributed by atoms with E-state index in [2.05, 4.69) is 15.0 Å². The van der Waals surface area contributed by atoms with Gasteiger partial charge in [-0.25, -0.2) is 9.78 Å². The molecule has 3 aromatic rings. The summed E-state index contributed by atoms with van der Waals surface area (Å²) in [6.07, 6.45) is -4.43. The van der Waals surface area contributed by atoms with E-state index in [1.165, 1.54) is 30.6 Å². The third kappa shape index (κ3) is 4.63. The molecule has 0 atom stereocenters. The third-order valence-corrected chi connectivity index (χ3v) is 5.81. The molecule has 0 unspecified atom stereocenters. The number of carbonyl (C=O) groups excluding carboxylic acids is 2. The molecule has 146 valence electrons. The summed E-state index contributed by atoms with van der Waals surface area (Å²) in [5.41, 5.74) is 0.0138. The summed E-state index contributed by atoms with van der Waals surface area (Å²) in [6.45, 7) is 0. The van der Waals surface area contributed by atoms with Crippen LogP contribution in [0.15, 0.2) is 46.8 Å². The van der Waals surface area contributed by atoms with Gasteiger partial charge in [-0.2, -0.15) is 13.2 Å². The highest BCUT2D eigenvalue weighted by Gasteiger charge is 2.30. The minimum absolute atomic E-state index is 0.0124. The fourth-order valence-corrected chi connectivity index (χ4v) is 4.19. The standard InChI is InChI=1S/C18H13F3N2O3S2/c1-26-16(25)11-4-2-3-5-12(11)22-15(24)9-27-17-23-13-8-10(18(19,20)21)6-7-14(13)28-17/h2-8H,9H2,1H3,(H,22,24). The molecule has 0 saturated carbocycles. The largest absolute Gasteiger partial charge is 0.465 e. The molecular formula is C18H13F3N2O3S2. The Kier molecular flexibility index (Phi) is 5.90. The number of anilines is 1. The molecule has 0 radical (unpaired) electrons. The molecule has 28 heavy (non-hydrogen) atoms. The van der Waals surface area contributed by atoms with Gasteiger partial charge in [0.25, 0.3) is 0 Å². The summed E-state index contributed by atoms with van der Waals surface area (Å²) in [6, 6.07) is 9.78. The monoisotopic (exact) mass is 426 g/mol. The second kappa shape index (κ2) is 8.19. The quantitative estimate of drug-likeness (QED) is 0.467. The number of hydrogen-bond donors (Lipinski definition) is 1. The number of alkyl halides is 3. The average molecular weight is 426 g/mol. The van der Waals surface area contributed by atoms with Crippen molar-refractivity contribution in [1.82, 2.24) is 4.98 Å². The van der Waals surface area contributed by atoms with E-state index in [-0.39, 0.29) is 22.7 Å². The number of fused-ring (bicyclic) bond motifs is 1. The van der Waals surface area contributed by atoms with Crippen LogP contribution >= 0.6 is 23.1 Å². The molecule has 0 saturated heterocycles. The van der Waals surface area contributed by atoms with E-state index < -0.39 is 17.7 Å². The SMILES string of the molecule is COC(=O)c1ccccc1NC(=O)CSc1nc2cc(C(F)(F)F)ccc2s1. The molecule has 0 aliphatic carbocycles. The van der Waals surface area contributed by atoms with Crippen LogP contribution in [0.2, 0.25) is 0 Å². The highest BCUT2D eigenvalue weighted by atomic mass is 32.2. The molecular weight excluding hydrogens is 413 g/mol. The minimum atomic E-state index is -4.43. The third-order valence-electron chi connectivity index (χ3n) is 3.63. The fourth-order valence-electron chi connectivity index (χ4n) is 2.34. The van der Waals surface area contributed by atoms with Gasteiger partial charge in [-0.15, -0.1) is 11.3 Å². The number of benzene rings is 2. The lowest BCUT2D eigenvalue weighted by molar-refractivity contribution is -0.137. The van der Waals surface area contributed by atoms with E-state index in [1.54, 1.807) is 18.2 Å². The molecule has 10 heteroatoms. The number of para-hydroxylation sites is 1. The number of ether oxygens (including phenoxy) is 1. The summed E-state index contributed by atoms with van der Waals surface area (Å²) in [4.78, 5) is 28.1. The molecule has 0 fully saturated rings. The number of rotatable bonds is 5. The Bertz CT molecular complexity index is 1030. The van der Waals surface area contributed by atoms with Crippen LogP contribution in [-0.2, 0) is 15.7 Å². The van der Waals surface area contributed by atoms with Crippen molar-refractivity contribution in [2.45, 2.75) is 10.5 Å².